The van der Waals surface area contributed by atoms with Crippen molar-refractivity contribution in [3.05, 3.63) is 69.8 Å². The molecule has 2 fully saturated rings. The molecular weight excluding hydrogens is 465 g/mol. The highest BCUT2D eigenvalue weighted by Crippen LogP contribution is 2.43. The molecule has 2 heterocycles. The van der Waals surface area contributed by atoms with E-state index in [4.69, 9.17) is 4.74 Å². The van der Waals surface area contributed by atoms with Gasteiger partial charge in [-0.3, -0.25) is 19.2 Å². The van der Waals surface area contributed by atoms with Gasteiger partial charge >= 0.3 is 0 Å². The van der Waals surface area contributed by atoms with Crippen LogP contribution in [0.2, 0.25) is 0 Å². The largest absolute Gasteiger partial charge is 0.492 e. The maximum absolute atomic E-state index is 15.5. The van der Waals surface area contributed by atoms with Gasteiger partial charge in [-0.05, 0) is 49.6 Å². The van der Waals surface area contributed by atoms with Crippen molar-refractivity contribution in [3.8, 4) is 5.75 Å². The third kappa shape index (κ3) is 4.30. The van der Waals surface area contributed by atoms with E-state index in [2.05, 4.69) is 5.32 Å². The van der Waals surface area contributed by atoms with Crippen LogP contribution in [0.1, 0.15) is 36.2 Å². The molecule has 186 valence electrons. The van der Waals surface area contributed by atoms with Gasteiger partial charge in [-0.15, -0.1) is 0 Å². The highest BCUT2D eigenvalue weighted by atomic mass is 19.1. The molecule has 1 saturated carbocycles. The predicted octanol–water partition coefficient (Wildman–Crippen LogP) is 2.66. The molecule has 1 saturated heterocycles. The van der Waals surface area contributed by atoms with Crippen molar-refractivity contribution < 1.29 is 23.5 Å². The summed E-state index contributed by atoms with van der Waals surface area (Å²) in [5, 5.41) is 3.42. The zero-order valence-electron chi connectivity index (χ0n) is 20.0. The summed E-state index contributed by atoms with van der Waals surface area (Å²) in [6, 6.07) is 1.45. The monoisotopic (exact) mass is 491 g/mol. The molecule has 0 amide bonds. The fourth-order valence-corrected chi connectivity index (χ4v) is 4.77. The van der Waals surface area contributed by atoms with Crippen LogP contribution in [0.25, 0.3) is 10.9 Å². The van der Waals surface area contributed by atoms with Crippen LogP contribution in [-0.4, -0.2) is 54.7 Å². The minimum Gasteiger partial charge on any atom is -0.492 e. The van der Waals surface area contributed by atoms with Gasteiger partial charge in [0.25, 0.3) is 0 Å². The van der Waals surface area contributed by atoms with Crippen molar-refractivity contribution in [2.24, 2.45) is 0 Å². The minimum absolute atomic E-state index is 0.0745. The molecule has 2 aliphatic carbocycles. The van der Waals surface area contributed by atoms with E-state index >= 15 is 4.39 Å². The molecule has 1 atom stereocenters. The third-order valence-electron chi connectivity index (χ3n) is 6.69. The Hall–Kier alpha value is -3.85. The quantitative estimate of drug-likeness (QED) is 0.287. The molecule has 36 heavy (non-hydrogen) atoms. The van der Waals surface area contributed by atoms with E-state index in [0.717, 1.165) is 25.0 Å². The number of halogens is 1. The number of hydrogen-bond acceptors (Lipinski definition) is 7. The van der Waals surface area contributed by atoms with E-state index < -0.39 is 28.6 Å². The fourth-order valence-electron chi connectivity index (χ4n) is 4.77. The second-order valence-electron chi connectivity index (χ2n) is 9.35. The van der Waals surface area contributed by atoms with Gasteiger partial charge in [-0.2, -0.15) is 0 Å². The molecule has 9 heteroatoms. The first-order valence-corrected chi connectivity index (χ1v) is 11.9. The molecular formula is C27H26FN3O5. The number of ether oxygens (including phenoxy) is 1. The molecule has 1 aromatic carbocycles. The summed E-state index contributed by atoms with van der Waals surface area (Å²) in [6.07, 6.45) is 9.52. The van der Waals surface area contributed by atoms with E-state index in [1.165, 1.54) is 37.6 Å². The van der Waals surface area contributed by atoms with Gasteiger partial charge in [-0.25, -0.2) is 4.39 Å². The van der Waals surface area contributed by atoms with Gasteiger partial charge in [0, 0.05) is 37.9 Å². The molecule has 8 nitrogen and oxygen atoms in total. The number of aromatic nitrogens is 1. The smallest absolute Gasteiger partial charge is 0.226 e. The van der Waals surface area contributed by atoms with Gasteiger partial charge in [0.1, 0.15) is 5.69 Å². The Kier molecular flexibility index (Phi) is 6.17. The van der Waals surface area contributed by atoms with E-state index in [0.29, 0.717) is 42.2 Å². The lowest BCUT2D eigenvalue weighted by atomic mass is 10.0. The summed E-state index contributed by atoms with van der Waals surface area (Å²) in [4.78, 5) is 51.3. The van der Waals surface area contributed by atoms with Crippen LogP contribution in [0, 0.1) is 5.82 Å². The number of carbonyl (C=O) groups is 3. The number of hydrogen-bond donors (Lipinski definition) is 1. The first kappa shape index (κ1) is 23.9. The van der Waals surface area contributed by atoms with Gasteiger partial charge in [0.05, 0.1) is 23.6 Å². The molecule has 1 unspecified atom stereocenters. The summed E-state index contributed by atoms with van der Waals surface area (Å²) in [6.45, 7) is 3.90. The van der Waals surface area contributed by atoms with E-state index in [9.17, 15) is 19.2 Å². The van der Waals surface area contributed by atoms with Crippen LogP contribution in [0.5, 0.6) is 5.75 Å². The lowest BCUT2D eigenvalue weighted by molar-refractivity contribution is -0.131. The number of methoxy groups -OCH3 is 1. The summed E-state index contributed by atoms with van der Waals surface area (Å²) in [5.74, 6) is -2.17. The maximum atomic E-state index is 15.5. The third-order valence-corrected chi connectivity index (χ3v) is 6.69. The van der Waals surface area contributed by atoms with Crippen LogP contribution in [0.3, 0.4) is 0 Å². The second-order valence-corrected chi connectivity index (χ2v) is 9.35. The zero-order chi connectivity index (χ0) is 25.6. The first-order chi connectivity index (χ1) is 17.3. The fraction of sp³-hybridized carbons (Fsp3) is 0.333. The molecule has 0 spiro atoms. The van der Waals surface area contributed by atoms with Gasteiger partial charge in [0.2, 0.25) is 17.0 Å². The minimum atomic E-state index is -0.677. The van der Waals surface area contributed by atoms with Crippen LogP contribution < -0.4 is 20.4 Å². The number of allylic oxidation sites excluding steroid dienone is 6. The maximum Gasteiger partial charge on any atom is 0.226 e. The van der Waals surface area contributed by atoms with Gasteiger partial charge in [-0.1, -0.05) is 12.2 Å². The average molecular weight is 492 g/mol. The van der Waals surface area contributed by atoms with Gasteiger partial charge in [0.15, 0.2) is 17.3 Å². The predicted molar refractivity (Wildman–Crippen MR) is 133 cm³/mol. The molecule has 0 radical (unpaired) electrons. The number of pyridine rings is 1. The molecule has 1 aromatic heterocycles. The molecule has 1 aliphatic heterocycles. The molecule has 2 aromatic rings. The van der Waals surface area contributed by atoms with Crippen molar-refractivity contribution in [2.45, 2.75) is 31.8 Å². The van der Waals surface area contributed by atoms with Gasteiger partial charge < -0.3 is 19.5 Å². The topological polar surface area (TPSA) is 97.7 Å². The second kappa shape index (κ2) is 9.31. The molecule has 5 rings (SSSR count). The van der Waals surface area contributed by atoms with E-state index in [1.54, 1.807) is 0 Å². The summed E-state index contributed by atoms with van der Waals surface area (Å²) >= 11 is 0. The number of anilines is 1. The number of nitrogens with one attached hydrogen (secondary N) is 1. The number of benzene rings is 1. The highest BCUT2D eigenvalue weighted by molar-refractivity contribution is 6.46. The van der Waals surface area contributed by atoms with Crippen LogP contribution >= 0.6 is 0 Å². The molecule has 0 bridgehead atoms. The summed E-state index contributed by atoms with van der Waals surface area (Å²) in [5.41, 5.74) is 0.488. The van der Waals surface area contributed by atoms with Crippen LogP contribution in [0.15, 0.2) is 53.0 Å². The standard InChI is InChI=1S/C27H26FN3O5/c1-15-13-30(10-9-29-15)25-20(28)12-18-24(27(25)36-2)31(17-5-6-17)14-19(26(18)35)21(32)7-3-16-4-8-22(33)23(34)11-16/h3-4,7-8,11-12,14-15,17,29H,5-6,9-10,13H2,1-2H3/b7-3+. The average Bonchev–Trinajstić information content (AvgIpc) is 3.70. The van der Waals surface area contributed by atoms with E-state index in [1.807, 2.05) is 16.4 Å². The highest BCUT2D eigenvalue weighted by Gasteiger charge is 2.32. The Bertz CT molecular complexity index is 1450. The Morgan fingerprint density at radius 3 is 2.64 bits per heavy atom. The van der Waals surface area contributed by atoms with Crippen molar-refractivity contribution >= 4 is 33.9 Å². The lowest BCUT2D eigenvalue weighted by Gasteiger charge is -2.35. The number of fused-ring (bicyclic) bond motifs is 1. The Morgan fingerprint density at radius 2 is 1.97 bits per heavy atom. The lowest BCUT2D eigenvalue weighted by Crippen LogP contribution is -2.49. The Morgan fingerprint density at radius 1 is 1.19 bits per heavy atom. The van der Waals surface area contributed by atoms with Crippen molar-refractivity contribution in [1.29, 1.82) is 0 Å². The molecule has 3 aliphatic rings. The van der Waals surface area contributed by atoms with Crippen molar-refractivity contribution in [2.75, 3.05) is 31.6 Å². The first-order valence-electron chi connectivity index (χ1n) is 11.9. The molecule has 1 N–H and O–H groups in total. The summed E-state index contributed by atoms with van der Waals surface area (Å²) < 4.78 is 23.1. The SMILES string of the molecule is COc1c(N2CCNC(C)C2)c(F)cc2c(=O)c(C(=O)/C=C/C3=CC(=O)C(=O)C=C3)cn(C3CC3)c12. The number of rotatable bonds is 6. The Labute approximate surface area is 206 Å². The van der Waals surface area contributed by atoms with Crippen molar-refractivity contribution in [3.63, 3.8) is 0 Å². The van der Waals surface area contributed by atoms with Crippen LogP contribution in [-0.2, 0) is 9.59 Å². The number of ketones is 3. The number of piperazine rings is 1. The number of carbonyl (C=O) groups excluding carboxylic acids is 3. The number of nitrogens with zero attached hydrogens (tertiary/aromatic N) is 2. The normalized spacial score (nSPS) is 20.4. The zero-order valence-corrected chi connectivity index (χ0v) is 20.0. The van der Waals surface area contributed by atoms with E-state index in [-0.39, 0.29) is 23.0 Å². The summed E-state index contributed by atoms with van der Waals surface area (Å²) in [7, 11) is 1.46. The van der Waals surface area contributed by atoms with Crippen molar-refractivity contribution in [1.82, 2.24) is 9.88 Å². The Balaban J connectivity index is 1.62. The van der Waals surface area contributed by atoms with Crippen LogP contribution in [0.4, 0.5) is 10.1 Å².